The second-order valence-electron chi connectivity index (χ2n) is 6.20. The van der Waals surface area contributed by atoms with Crippen LogP contribution in [0.2, 0.25) is 0 Å². The summed E-state index contributed by atoms with van der Waals surface area (Å²) in [6.45, 7) is 7.06. The minimum Gasteiger partial charge on any atom is -0.487 e. The predicted molar refractivity (Wildman–Crippen MR) is 90.0 cm³/mol. The lowest BCUT2D eigenvalue weighted by Crippen LogP contribution is -2.40. The lowest BCUT2D eigenvalue weighted by Gasteiger charge is -2.21. The van der Waals surface area contributed by atoms with E-state index in [0.29, 0.717) is 13.1 Å². The van der Waals surface area contributed by atoms with Gasteiger partial charge in [0.25, 0.3) is 0 Å². The summed E-state index contributed by atoms with van der Waals surface area (Å²) >= 11 is 0. The molecule has 1 fully saturated rings. The Morgan fingerprint density at radius 1 is 1.50 bits per heavy atom. The zero-order valence-electron chi connectivity index (χ0n) is 14.3. The lowest BCUT2D eigenvalue weighted by atomic mass is 10.1. The maximum Gasteiger partial charge on any atom is 0.318 e. The van der Waals surface area contributed by atoms with Crippen molar-refractivity contribution in [2.75, 3.05) is 13.1 Å². The molecule has 1 aliphatic heterocycles. The molecule has 2 aromatic rings. The van der Waals surface area contributed by atoms with E-state index in [0.717, 1.165) is 29.3 Å². The first kappa shape index (κ1) is 16.4. The fourth-order valence-electron chi connectivity index (χ4n) is 3.05. The molecule has 0 saturated carbocycles. The van der Waals surface area contributed by atoms with Crippen molar-refractivity contribution in [3.63, 3.8) is 0 Å². The first-order valence-corrected chi connectivity index (χ1v) is 8.22. The molecule has 1 aliphatic rings. The molecule has 1 saturated heterocycles. The van der Waals surface area contributed by atoms with Gasteiger partial charge in [-0.2, -0.15) is 0 Å². The lowest BCUT2D eigenvalue weighted by molar-refractivity contribution is 0.184. The van der Waals surface area contributed by atoms with Crippen LogP contribution in [-0.4, -0.2) is 35.1 Å². The number of rotatable bonds is 4. The fourth-order valence-corrected chi connectivity index (χ4v) is 3.05. The van der Waals surface area contributed by atoms with Crippen LogP contribution in [0.5, 0.6) is 5.75 Å². The molecule has 0 unspecified atom stereocenters. The average Bonchev–Trinajstić information content (AvgIpc) is 3.14. The molecule has 0 radical (unpaired) electrons. The third kappa shape index (κ3) is 3.69. The maximum atomic E-state index is 12.5. The number of nitrogens with one attached hydrogen (secondary N) is 1. The van der Waals surface area contributed by atoms with Gasteiger partial charge in [-0.05, 0) is 39.0 Å². The van der Waals surface area contributed by atoms with Gasteiger partial charge in [-0.1, -0.05) is 0 Å². The highest BCUT2D eigenvalue weighted by atomic mass is 16.5. The average molecular weight is 329 g/mol. The van der Waals surface area contributed by atoms with Crippen LogP contribution in [0.3, 0.4) is 0 Å². The van der Waals surface area contributed by atoms with Gasteiger partial charge in [0.2, 0.25) is 0 Å². The van der Waals surface area contributed by atoms with Crippen LogP contribution in [0.15, 0.2) is 35.0 Å². The summed E-state index contributed by atoms with van der Waals surface area (Å²) in [6, 6.07) is 5.53. The summed E-state index contributed by atoms with van der Waals surface area (Å²) in [5.74, 6) is 2.44. The van der Waals surface area contributed by atoms with Gasteiger partial charge in [0, 0.05) is 24.7 Å². The van der Waals surface area contributed by atoms with E-state index in [1.807, 2.05) is 39.0 Å². The molecule has 1 N–H and O–H groups in total. The molecule has 0 spiro atoms. The van der Waals surface area contributed by atoms with Crippen molar-refractivity contribution in [3.05, 3.63) is 47.7 Å². The van der Waals surface area contributed by atoms with Gasteiger partial charge < -0.3 is 19.4 Å². The summed E-state index contributed by atoms with van der Waals surface area (Å²) < 4.78 is 11.4. The zero-order valence-corrected chi connectivity index (χ0v) is 14.3. The maximum absolute atomic E-state index is 12.5. The van der Waals surface area contributed by atoms with Gasteiger partial charge >= 0.3 is 6.03 Å². The molecular formula is C18H23N3O3. The van der Waals surface area contributed by atoms with E-state index < -0.39 is 0 Å². The number of aryl methyl sites for hydroxylation is 2. The Labute approximate surface area is 141 Å². The van der Waals surface area contributed by atoms with Crippen LogP contribution in [0.1, 0.15) is 36.5 Å². The quantitative estimate of drug-likeness (QED) is 0.935. The fraction of sp³-hybridized carbons (Fsp3) is 0.444. The number of hydrogen-bond donors (Lipinski definition) is 1. The Morgan fingerprint density at radius 3 is 3.00 bits per heavy atom. The number of carbonyl (C=O) groups excluding carboxylic acids is 1. The third-order valence-corrected chi connectivity index (χ3v) is 4.26. The second-order valence-corrected chi connectivity index (χ2v) is 6.20. The van der Waals surface area contributed by atoms with E-state index in [-0.39, 0.29) is 18.2 Å². The van der Waals surface area contributed by atoms with Crippen molar-refractivity contribution in [2.45, 2.75) is 39.3 Å². The van der Waals surface area contributed by atoms with Crippen LogP contribution in [-0.2, 0) is 0 Å². The number of likely N-dealkylation sites (tertiary alicyclic amines) is 1. The second kappa shape index (κ2) is 6.95. The van der Waals surface area contributed by atoms with Crippen molar-refractivity contribution >= 4 is 6.03 Å². The van der Waals surface area contributed by atoms with Crippen molar-refractivity contribution in [1.82, 2.24) is 15.2 Å². The molecule has 0 aromatic carbocycles. The molecule has 2 atom stereocenters. The van der Waals surface area contributed by atoms with Crippen LogP contribution in [0.4, 0.5) is 4.79 Å². The van der Waals surface area contributed by atoms with Crippen molar-refractivity contribution < 1.29 is 13.9 Å². The summed E-state index contributed by atoms with van der Waals surface area (Å²) in [6.07, 6.45) is 4.23. The molecule has 0 aliphatic carbocycles. The van der Waals surface area contributed by atoms with Gasteiger partial charge in [-0.25, -0.2) is 4.79 Å². The first-order valence-electron chi connectivity index (χ1n) is 8.22. The summed E-state index contributed by atoms with van der Waals surface area (Å²) in [7, 11) is 0. The highest BCUT2D eigenvalue weighted by Gasteiger charge is 2.28. The standard InChI is InChI=1S/C18H23N3O3/c1-12-9-17(14(3)23-12)13(2)20-18(22)21-8-6-16(11-21)24-15-5-4-7-19-10-15/h4-5,7,9-10,13,16H,6,8,11H2,1-3H3,(H,20,22)/t13-,16-/m0/s1. The smallest absolute Gasteiger partial charge is 0.318 e. The largest absolute Gasteiger partial charge is 0.487 e. The SMILES string of the molecule is Cc1cc([C@H](C)NC(=O)N2CC[C@H](Oc3cccnc3)C2)c(C)o1. The van der Waals surface area contributed by atoms with E-state index in [4.69, 9.17) is 9.15 Å². The van der Waals surface area contributed by atoms with E-state index in [1.165, 1.54) is 0 Å². The highest BCUT2D eigenvalue weighted by molar-refractivity contribution is 5.75. The number of furan rings is 1. The minimum absolute atomic E-state index is 0.00756. The molecule has 3 rings (SSSR count). The number of amides is 2. The van der Waals surface area contributed by atoms with Crippen LogP contribution >= 0.6 is 0 Å². The van der Waals surface area contributed by atoms with Gasteiger partial charge in [0.1, 0.15) is 23.4 Å². The molecule has 6 heteroatoms. The number of nitrogens with zero attached hydrogens (tertiary/aromatic N) is 2. The molecule has 128 valence electrons. The van der Waals surface area contributed by atoms with Crippen LogP contribution < -0.4 is 10.1 Å². The Morgan fingerprint density at radius 2 is 2.33 bits per heavy atom. The molecule has 2 amide bonds. The van der Waals surface area contributed by atoms with E-state index in [2.05, 4.69) is 10.3 Å². The monoisotopic (exact) mass is 329 g/mol. The number of hydrogen-bond acceptors (Lipinski definition) is 4. The number of aromatic nitrogens is 1. The van der Waals surface area contributed by atoms with Gasteiger partial charge in [-0.3, -0.25) is 4.98 Å². The number of ether oxygens (including phenoxy) is 1. The normalized spacial score (nSPS) is 18.5. The summed E-state index contributed by atoms with van der Waals surface area (Å²) in [5, 5.41) is 3.04. The highest BCUT2D eigenvalue weighted by Crippen LogP contribution is 2.22. The van der Waals surface area contributed by atoms with Crippen molar-refractivity contribution in [1.29, 1.82) is 0 Å². The minimum atomic E-state index is -0.0896. The Bertz CT molecular complexity index is 699. The van der Waals surface area contributed by atoms with Crippen molar-refractivity contribution in [3.8, 4) is 5.75 Å². The molecule has 2 aromatic heterocycles. The zero-order chi connectivity index (χ0) is 17.1. The molecule has 24 heavy (non-hydrogen) atoms. The predicted octanol–water partition coefficient (Wildman–Crippen LogP) is 3.22. The van der Waals surface area contributed by atoms with Gasteiger partial charge in [0.05, 0.1) is 18.8 Å². The van der Waals surface area contributed by atoms with Gasteiger partial charge in [0.15, 0.2) is 0 Å². The Kier molecular flexibility index (Phi) is 4.74. The summed E-state index contributed by atoms with van der Waals surface area (Å²) in [5.41, 5.74) is 1.02. The number of urea groups is 1. The van der Waals surface area contributed by atoms with E-state index in [9.17, 15) is 4.79 Å². The first-order chi connectivity index (χ1) is 11.5. The Hall–Kier alpha value is -2.50. The molecule has 6 nitrogen and oxygen atoms in total. The topological polar surface area (TPSA) is 67.6 Å². The Balaban J connectivity index is 1.54. The van der Waals surface area contributed by atoms with E-state index >= 15 is 0 Å². The van der Waals surface area contributed by atoms with Crippen molar-refractivity contribution in [2.24, 2.45) is 0 Å². The third-order valence-electron chi connectivity index (χ3n) is 4.26. The van der Waals surface area contributed by atoms with Crippen LogP contribution in [0, 0.1) is 13.8 Å². The number of pyridine rings is 1. The summed E-state index contributed by atoms with van der Waals surface area (Å²) in [4.78, 5) is 18.3. The van der Waals surface area contributed by atoms with E-state index in [1.54, 1.807) is 17.3 Å². The van der Waals surface area contributed by atoms with Gasteiger partial charge in [-0.15, -0.1) is 0 Å². The molecule has 3 heterocycles. The molecular weight excluding hydrogens is 306 g/mol. The molecule has 0 bridgehead atoms. The van der Waals surface area contributed by atoms with Crippen LogP contribution in [0.25, 0.3) is 0 Å². The number of carbonyl (C=O) groups is 1.